The lowest BCUT2D eigenvalue weighted by atomic mass is 10.1. The lowest BCUT2D eigenvalue weighted by Crippen LogP contribution is -2.51. The van der Waals surface area contributed by atoms with Crippen LogP contribution < -0.4 is 0 Å². The number of hydrogen-bond acceptors (Lipinski definition) is 3. The van der Waals surface area contributed by atoms with E-state index in [0.29, 0.717) is 10.0 Å². The van der Waals surface area contributed by atoms with Crippen LogP contribution in [-0.4, -0.2) is 49.7 Å². The molecule has 0 unspecified atom stereocenters. The molecule has 0 bridgehead atoms. The quantitative estimate of drug-likeness (QED) is 0.747. The van der Waals surface area contributed by atoms with Crippen molar-refractivity contribution in [3.05, 3.63) is 63.9 Å². The Bertz CT molecular complexity index is 961. The molecule has 0 N–H and O–H groups in total. The van der Waals surface area contributed by atoms with Gasteiger partial charge in [0.25, 0.3) is 0 Å². The lowest BCUT2D eigenvalue weighted by Gasteiger charge is -2.34. The Balaban J connectivity index is 1.63. The van der Waals surface area contributed by atoms with E-state index in [9.17, 15) is 17.6 Å². The minimum atomic E-state index is -3.92. The van der Waals surface area contributed by atoms with Gasteiger partial charge in [-0.1, -0.05) is 41.4 Å². The number of halogens is 3. The Kier molecular flexibility index (Phi) is 6.05. The van der Waals surface area contributed by atoms with Crippen molar-refractivity contribution in [2.75, 3.05) is 26.2 Å². The van der Waals surface area contributed by atoms with Crippen LogP contribution in [0.4, 0.5) is 4.39 Å². The average Bonchev–Trinajstić information content (AvgIpc) is 2.65. The summed E-state index contributed by atoms with van der Waals surface area (Å²) in [5, 5.41) is 0.794. The summed E-state index contributed by atoms with van der Waals surface area (Å²) >= 11 is 11.8. The van der Waals surface area contributed by atoms with E-state index < -0.39 is 15.8 Å². The molecule has 0 aliphatic carbocycles. The molecule has 1 aliphatic heterocycles. The predicted molar refractivity (Wildman–Crippen MR) is 102 cm³/mol. The number of piperazine rings is 1. The largest absolute Gasteiger partial charge is 0.340 e. The van der Waals surface area contributed by atoms with Crippen molar-refractivity contribution in [2.45, 2.75) is 11.3 Å². The molecule has 1 aliphatic rings. The normalized spacial score (nSPS) is 15.7. The second-order valence-corrected chi connectivity index (χ2v) is 8.86. The highest BCUT2D eigenvalue weighted by Crippen LogP contribution is 2.24. The zero-order valence-electron chi connectivity index (χ0n) is 14.2. The summed E-state index contributed by atoms with van der Waals surface area (Å²) < 4.78 is 40.3. The molecule has 5 nitrogen and oxygen atoms in total. The van der Waals surface area contributed by atoms with Crippen molar-refractivity contribution in [2.24, 2.45) is 0 Å². The highest BCUT2D eigenvalue weighted by Gasteiger charge is 2.31. The second kappa shape index (κ2) is 8.14. The van der Waals surface area contributed by atoms with Crippen molar-refractivity contribution < 1.29 is 17.6 Å². The van der Waals surface area contributed by atoms with Gasteiger partial charge < -0.3 is 4.90 Å². The molecule has 144 valence electrons. The van der Waals surface area contributed by atoms with Gasteiger partial charge in [0.1, 0.15) is 10.7 Å². The molecule has 0 spiro atoms. The summed E-state index contributed by atoms with van der Waals surface area (Å²) in [5.41, 5.74) is 0.732. The molecule has 1 heterocycles. The van der Waals surface area contributed by atoms with Gasteiger partial charge in [0.15, 0.2) is 0 Å². The first-order chi connectivity index (χ1) is 12.8. The summed E-state index contributed by atoms with van der Waals surface area (Å²) in [6, 6.07) is 10.3. The molecule has 0 atom stereocenters. The maximum Gasteiger partial charge on any atom is 0.246 e. The molecular formula is C18H17Cl2FN2O3S. The van der Waals surface area contributed by atoms with Gasteiger partial charge in [0, 0.05) is 26.2 Å². The lowest BCUT2D eigenvalue weighted by molar-refractivity contribution is -0.131. The Hall–Kier alpha value is -1.67. The molecule has 0 radical (unpaired) electrons. The molecule has 1 fully saturated rings. The van der Waals surface area contributed by atoms with Crippen molar-refractivity contribution in [1.29, 1.82) is 0 Å². The van der Waals surface area contributed by atoms with Crippen LogP contribution in [0.15, 0.2) is 47.4 Å². The van der Waals surface area contributed by atoms with Crippen molar-refractivity contribution in [3.8, 4) is 0 Å². The van der Waals surface area contributed by atoms with E-state index in [1.54, 1.807) is 23.1 Å². The molecule has 0 saturated carbocycles. The van der Waals surface area contributed by atoms with Gasteiger partial charge in [-0.2, -0.15) is 4.31 Å². The molecule has 27 heavy (non-hydrogen) atoms. The van der Waals surface area contributed by atoms with Crippen LogP contribution >= 0.6 is 23.2 Å². The smallest absolute Gasteiger partial charge is 0.246 e. The number of carbonyl (C=O) groups is 1. The third-order valence-electron chi connectivity index (χ3n) is 4.39. The van der Waals surface area contributed by atoms with Crippen LogP contribution in [0, 0.1) is 5.82 Å². The molecule has 2 aromatic carbocycles. The summed E-state index contributed by atoms with van der Waals surface area (Å²) in [6.45, 7) is 0.717. The SMILES string of the molecule is O=C(Cc1ccc(Cl)c(Cl)c1)N1CCN(S(=O)(=O)c2ccccc2F)CC1. The Morgan fingerprint density at radius 1 is 1.00 bits per heavy atom. The van der Waals surface area contributed by atoms with Crippen molar-refractivity contribution in [3.63, 3.8) is 0 Å². The number of hydrogen-bond donors (Lipinski definition) is 0. The number of amides is 1. The highest BCUT2D eigenvalue weighted by atomic mass is 35.5. The van der Waals surface area contributed by atoms with Crippen LogP contribution in [0.5, 0.6) is 0 Å². The molecular weight excluding hydrogens is 414 g/mol. The minimum Gasteiger partial charge on any atom is -0.340 e. The average molecular weight is 431 g/mol. The van der Waals surface area contributed by atoms with Crippen LogP contribution in [0.25, 0.3) is 0 Å². The van der Waals surface area contributed by atoms with Crippen LogP contribution in [0.3, 0.4) is 0 Å². The first-order valence-corrected chi connectivity index (χ1v) is 10.4. The summed E-state index contributed by atoms with van der Waals surface area (Å²) in [6.07, 6.45) is 0.150. The van der Waals surface area contributed by atoms with Crippen LogP contribution in [0.1, 0.15) is 5.56 Å². The fourth-order valence-corrected chi connectivity index (χ4v) is 4.71. The van der Waals surface area contributed by atoms with E-state index in [2.05, 4.69) is 0 Å². The number of nitrogens with zero attached hydrogens (tertiary/aromatic N) is 2. The van der Waals surface area contributed by atoms with Crippen LogP contribution in [0.2, 0.25) is 10.0 Å². The Morgan fingerprint density at radius 3 is 2.30 bits per heavy atom. The van der Waals surface area contributed by atoms with Crippen molar-refractivity contribution in [1.82, 2.24) is 9.21 Å². The van der Waals surface area contributed by atoms with Gasteiger partial charge in [-0.05, 0) is 29.8 Å². The maximum absolute atomic E-state index is 13.9. The maximum atomic E-state index is 13.9. The summed E-state index contributed by atoms with van der Waals surface area (Å²) in [7, 11) is -3.92. The van der Waals surface area contributed by atoms with Gasteiger partial charge in [-0.25, -0.2) is 12.8 Å². The number of rotatable bonds is 4. The molecule has 1 amide bonds. The standard InChI is InChI=1S/C18H17Cl2FN2O3S/c19-14-6-5-13(11-15(14)20)12-18(24)22-7-9-23(10-8-22)27(25,26)17-4-2-1-3-16(17)21/h1-6,11H,7-10,12H2. The van der Waals surface area contributed by atoms with E-state index in [4.69, 9.17) is 23.2 Å². The summed E-state index contributed by atoms with van der Waals surface area (Å²) in [5.74, 6) is -0.910. The first-order valence-electron chi connectivity index (χ1n) is 8.25. The third-order valence-corrected chi connectivity index (χ3v) is 7.06. The Labute approximate surface area is 167 Å². The fraction of sp³-hybridized carbons (Fsp3) is 0.278. The molecule has 9 heteroatoms. The van der Waals surface area contributed by atoms with Crippen LogP contribution in [-0.2, 0) is 21.2 Å². The van der Waals surface area contributed by atoms with Crippen molar-refractivity contribution >= 4 is 39.1 Å². The molecule has 0 aromatic heterocycles. The van der Waals surface area contributed by atoms with Gasteiger partial charge in [-0.3, -0.25) is 4.79 Å². The van der Waals surface area contributed by atoms with Gasteiger partial charge in [0.2, 0.25) is 15.9 Å². The van der Waals surface area contributed by atoms with E-state index in [-0.39, 0.29) is 43.4 Å². The minimum absolute atomic E-state index is 0.115. The van der Waals surface area contributed by atoms with E-state index in [0.717, 1.165) is 11.6 Å². The fourth-order valence-electron chi connectivity index (χ4n) is 2.91. The molecule has 1 saturated heterocycles. The zero-order chi connectivity index (χ0) is 19.6. The molecule has 3 rings (SSSR count). The highest BCUT2D eigenvalue weighted by molar-refractivity contribution is 7.89. The van der Waals surface area contributed by atoms with Gasteiger partial charge in [0.05, 0.1) is 16.5 Å². The second-order valence-electron chi connectivity index (χ2n) is 6.14. The topological polar surface area (TPSA) is 57.7 Å². The predicted octanol–water partition coefficient (Wildman–Crippen LogP) is 3.21. The molecule has 2 aromatic rings. The van der Waals surface area contributed by atoms with E-state index >= 15 is 0 Å². The number of benzene rings is 2. The zero-order valence-corrected chi connectivity index (χ0v) is 16.6. The monoisotopic (exact) mass is 430 g/mol. The van der Waals surface area contributed by atoms with Gasteiger partial charge >= 0.3 is 0 Å². The Morgan fingerprint density at radius 2 is 1.67 bits per heavy atom. The van der Waals surface area contributed by atoms with E-state index in [1.807, 2.05) is 0 Å². The first kappa shape index (κ1) is 20.1. The third kappa shape index (κ3) is 4.43. The number of sulfonamides is 1. The number of carbonyl (C=O) groups excluding carboxylic acids is 1. The summed E-state index contributed by atoms with van der Waals surface area (Å²) in [4.78, 5) is 13.7. The van der Waals surface area contributed by atoms with E-state index in [1.165, 1.54) is 22.5 Å². The van der Waals surface area contributed by atoms with Gasteiger partial charge in [-0.15, -0.1) is 0 Å².